The Hall–Kier alpha value is -0.570. The highest BCUT2D eigenvalue weighted by Crippen LogP contribution is 2.40. The van der Waals surface area contributed by atoms with E-state index in [2.05, 4.69) is 31.4 Å². The first-order chi connectivity index (χ1) is 7.03. The maximum Gasteiger partial charge on any atom is 0.235 e. The van der Waals surface area contributed by atoms with Gasteiger partial charge in [0.1, 0.15) is 0 Å². The molecule has 1 saturated carbocycles. The Balaban J connectivity index is 2.19. The fourth-order valence-electron chi connectivity index (χ4n) is 3.34. The van der Waals surface area contributed by atoms with Crippen molar-refractivity contribution in [3.8, 4) is 0 Å². The molecule has 3 nitrogen and oxygen atoms in total. The largest absolute Gasteiger partial charge is 0.337 e. The van der Waals surface area contributed by atoms with Crippen LogP contribution in [0.15, 0.2) is 0 Å². The summed E-state index contributed by atoms with van der Waals surface area (Å²) in [6, 6.07) is 0. The molecule has 1 spiro atoms. The highest BCUT2D eigenvalue weighted by atomic mass is 16.2. The van der Waals surface area contributed by atoms with Gasteiger partial charge >= 0.3 is 0 Å². The SMILES string of the molecule is CC(C)[C@H]1CC[C@H](C)CC12NCC(=O)N2. The molecule has 3 heteroatoms. The van der Waals surface area contributed by atoms with E-state index in [1.807, 2.05) is 0 Å². The van der Waals surface area contributed by atoms with Gasteiger partial charge in [-0.15, -0.1) is 0 Å². The maximum atomic E-state index is 11.4. The molecule has 1 heterocycles. The molecule has 86 valence electrons. The highest BCUT2D eigenvalue weighted by Gasteiger charge is 2.48. The van der Waals surface area contributed by atoms with Crippen molar-refractivity contribution in [2.24, 2.45) is 17.8 Å². The number of amides is 1. The van der Waals surface area contributed by atoms with Crippen LogP contribution in [0.25, 0.3) is 0 Å². The zero-order valence-corrected chi connectivity index (χ0v) is 9.97. The minimum atomic E-state index is -0.0943. The Labute approximate surface area is 92.0 Å². The van der Waals surface area contributed by atoms with E-state index >= 15 is 0 Å². The van der Waals surface area contributed by atoms with E-state index in [0.717, 1.165) is 6.42 Å². The summed E-state index contributed by atoms with van der Waals surface area (Å²) in [4.78, 5) is 11.4. The zero-order chi connectivity index (χ0) is 11.1. The van der Waals surface area contributed by atoms with Crippen molar-refractivity contribution >= 4 is 5.91 Å². The second-order valence-electron chi connectivity index (χ2n) is 5.61. The molecule has 0 aromatic heterocycles. The molecule has 1 saturated heterocycles. The molecule has 0 bridgehead atoms. The van der Waals surface area contributed by atoms with E-state index in [9.17, 15) is 4.79 Å². The summed E-state index contributed by atoms with van der Waals surface area (Å²) in [6.07, 6.45) is 3.61. The predicted octanol–water partition coefficient (Wildman–Crippen LogP) is 1.49. The first-order valence-corrected chi connectivity index (χ1v) is 6.09. The van der Waals surface area contributed by atoms with E-state index in [1.54, 1.807) is 0 Å². The summed E-state index contributed by atoms with van der Waals surface area (Å²) in [6.45, 7) is 7.30. The number of hydrogen-bond donors (Lipinski definition) is 2. The molecule has 1 unspecified atom stereocenters. The Morgan fingerprint density at radius 3 is 2.67 bits per heavy atom. The number of hydrogen-bond acceptors (Lipinski definition) is 2. The molecular formula is C12H22N2O. The number of carbonyl (C=O) groups excluding carboxylic acids is 1. The topological polar surface area (TPSA) is 41.1 Å². The fraction of sp³-hybridized carbons (Fsp3) is 0.917. The first kappa shape index (κ1) is 10.9. The molecule has 1 aliphatic carbocycles. The van der Waals surface area contributed by atoms with Crippen LogP contribution >= 0.6 is 0 Å². The summed E-state index contributed by atoms with van der Waals surface area (Å²) in [5, 5.41) is 6.60. The molecule has 2 fully saturated rings. The maximum absolute atomic E-state index is 11.4. The van der Waals surface area contributed by atoms with E-state index in [1.165, 1.54) is 12.8 Å². The normalized spacial score (nSPS) is 41.2. The number of rotatable bonds is 1. The van der Waals surface area contributed by atoms with Gasteiger partial charge in [-0.05, 0) is 30.6 Å². The van der Waals surface area contributed by atoms with Crippen molar-refractivity contribution in [1.82, 2.24) is 10.6 Å². The van der Waals surface area contributed by atoms with Crippen LogP contribution < -0.4 is 10.6 Å². The third-order valence-corrected chi connectivity index (χ3v) is 4.01. The lowest BCUT2D eigenvalue weighted by molar-refractivity contribution is -0.119. The highest BCUT2D eigenvalue weighted by molar-refractivity contribution is 5.81. The summed E-state index contributed by atoms with van der Waals surface area (Å²) < 4.78 is 0. The van der Waals surface area contributed by atoms with Crippen molar-refractivity contribution in [3.05, 3.63) is 0 Å². The van der Waals surface area contributed by atoms with Crippen LogP contribution in [0.2, 0.25) is 0 Å². The van der Waals surface area contributed by atoms with Gasteiger partial charge in [0.15, 0.2) is 0 Å². The van der Waals surface area contributed by atoms with Crippen molar-refractivity contribution in [2.45, 2.75) is 45.7 Å². The van der Waals surface area contributed by atoms with Gasteiger partial charge in [0.2, 0.25) is 5.91 Å². The molecule has 1 aliphatic heterocycles. The van der Waals surface area contributed by atoms with Crippen LogP contribution in [0.3, 0.4) is 0 Å². The second kappa shape index (κ2) is 3.78. The van der Waals surface area contributed by atoms with Crippen molar-refractivity contribution < 1.29 is 4.79 Å². The van der Waals surface area contributed by atoms with Gasteiger partial charge in [0.05, 0.1) is 12.2 Å². The van der Waals surface area contributed by atoms with Crippen molar-refractivity contribution in [2.75, 3.05) is 6.54 Å². The zero-order valence-electron chi connectivity index (χ0n) is 9.97. The lowest BCUT2D eigenvalue weighted by Gasteiger charge is -2.45. The fourth-order valence-corrected chi connectivity index (χ4v) is 3.34. The van der Waals surface area contributed by atoms with Crippen LogP contribution in [-0.2, 0) is 4.79 Å². The molecule has 3 atom stereocenters. The minimum absolute atomic E-state index is 0.0943. The molecule has 0 aromatic carbocycles. The smallest absolute Gasteiger partial charge is 0.235 e. The average molecular weight is 210 g/mol. The van der Waals surface area contributed by atoms with Crippen molar-refractivity contribution in [3.63, 3.8) is 0 Å². The number of carbonyl (C=O) groups is 1. The summed E-state index contributed by atoms with van der Waals surface area (Å²) in [5.74, 6) is 2.09. The Morgan fingerprint density at radius 1 is 1.40 bits per heavy atom. The van der Waals surface area contributed by atoms with Gasteiger partial charge in [0.25, 0.3) is 0 Å². The monoisotopic (exact) mass is 210 g/mol. The van der Waals surface area contributed by atoms with E-state index in [4.69, 9.17) is 0 Å². The third-order valence-electron chi connectivity index (χ3n) is 4.01. The molecule has 0 radical (unpaired) electrons. The van der Waals surface area contributed by atoms with Gasteiger partial charge in [-0.1, -0.05) is 27.2 Å². The predicted molar refractivity (Wildman–Crippen MR) is 60.2 cm³/mol. The minimum Gasteiger partial charge on any atom is -0.337 e. The molecule has 2 aliphatic rings. The van der Waals surface area contributed by atoms with Crippen LogP contribution in [0.1, 0.15) is 40.0 Å². The lowest BCUT2D eigenvalue weighted by Crippen LogP contribution is -2.59. The summed E-state index contributed by atoms with van der Waals surface area (Å²) in [7, 11) is 0. The Morgan fingerprint density at radius 2 is 2.13 bits per heavy atom. The van der Waals surface area contributed by atoms with Gasteiger partial charge in [-0.3, -0.25) is 10.1 Å². The van der Waals surface area contributed by atoms with Crippen molar-refractivity contribution in [1.29, 1.82) is 0 Å². The van der Waals surface area contributed by atoms with Crippen LogP contribution in [0.5, 0.6) is 0 Å². The Bertz CT molecular complexity index is 264. The molecule has 0 aromatic rings. The van der Waals surface area contributed by atoms with Gasteiger partial charge in [-0.2, -0.15) is 0 Å². The average Bonchev–Trinajstić information content (AvgIpc) is 2.47. The lowest BCUT2D eigenvalue weighted by atomic mass is 9.70. The van der Waals surface area contributed by atoms with Crippen LogP contribution in [-0.4, -0.2) is 18.1 Å². The Kier molecular flexibility index (Phi) is 2.75. The molecule has 2 N–H and O–H groups in total. The van der Waals surface area contributed by atoms with E-state index < -0.39 is 0 Å². The second-order valence-corrected chi connectivity index (χ2v) is 5.61. The van der Waals surface area contributed by atoms with Crippen LogP contribution in [0, 0.1) is 17.8 Å². The summed E-state index contributed by atoms with van der Waals surface area (Å²) in [5.41, 5.74) is -0.0943. The summed E-state index contributed by atoms with van der Waals surface area (Å²) >= 11 is 0. The third kappa shape index (κ3) is 1.89. The molecule has 1 amide bonds. The standard InChI is InChI=1S/C12H22N2O/c1-8(2)10-5-4-9(3)6-12(10)13-7-11(15)14-12/h8-10,13H,4-7H2,1-3H3,(H,14,15)/t9-,10+,12?/m0/s1. The van der Waals surface area contributed by atoms with E-state index in [-0.39, 0.29) is 11.6 Å². The van der Waals surface area contributed by atoms with Gasteiger partial charge in [-0.25, -0.2) is 0 Å². The molecule has 15 heavy (non-hydrogen) atoms. The van der Waals surface area contributed by atoms with Crippen LogP contribution in [0.4, 0.5) is 0 Å². The molecular weight excluding hydrogens is 188 g/mol. The molecule has 2 rings (SSSR count). The quantitative estimate of drug-likeness (QED) is 0.688. The number of nitrogens with one attached hydrogen (secondary N) is 2. The first-order valence-electron chi connectivity index (χ1n) is 6.09. The van der Waals surface area contributed by atoms with Gasteiger partial charge < -0.3 is 5.32 Å². The van der Waals surface area contributed by atoms with E-state index in [0.29, 0.717) is 24.3 Å². The van der Waals surface area contributed by atoms with Gasteiger partial charge in [0, 0.05) is 0 Å².